The Balaban J connectivity index is 1.83. The third kappa shape index (κ3) is 2.19. The quantitative estimate of drug-likeness (QED) is 0.727. The van der Waals surface area contributed by atoms with Crippen molar-refractivity contribution in [2.75, 3.05) is 13.1 Å². The average molecular weight is 344 g/mol. The fraction of sp³-hybridized carbons (Fsp3) is 0.273. The first-order valence-electron chi connectivity index (χ1n) is 9.26. The summed E-state index contributed by atoms with van der Waals surface area (Å²) in [5.74, 6) is 0.222. The molecule has 0 aliphatic carbocycles. The molecule has 2 aromatic carbocycles. The zero-order valence-electron chi connectivity index (χ0n) is 14.5. The number of Topliss-reactive ketones (excluding diaryl/α,β-unsaturated/α-hetero) is 1. The van der Waals surface area contributed by atoms with Crippen LogP contribution in [0.25, 0.3) is 10.9 Å². The average Bonchev–Trinajstić information content (AvgIpc) is 2.83. The van der Waals surface area contributed by atoms with Gasteiger partial charge in [-0.3, -0.25) is 9.59 Å². The molecule has 0 atom stereocenters. The lowest BCUT2D eigenvalue weighted by Crippen LogP contribution is -2.20. The highest BCUT2D eigenvalue weighted by Gasteiger charge is 2.29. The number of nitrogens with one attached hydrogen (secondary N) is 1. The first kappa shape index (κ1) is 15.5. The maximum absolute atomic E-state index is 13.2. The van der Waals surface area contributed by atoms with Gasteiger partial charge in [-0.05, 0) is 30.7 Å². The number of rotatable bonds is 2. The molecule has 3 heterocycles. The van der Waals surface area contributed by atoms with Crippen molar-refractivity contribution in [3.05, 3.63) is 70.4 Å². The summed E-state index contributed by atoms with van der Waals surface area (Å²) < 4.78 is 2.30. The molecule has 0 spiro atoms. The number of hydrogen-bond acceptors (Lipinski definition) is 3. The Labute approximate surface area is 151 Å². The maximum Gasteiger partial charge on any atom is 0.193 e. The lowest BCUT2D eigenvalue weighted by molar-refractivity contribution is 0.0971. The summed E-state index contributed by atoms with van der Waals surface area (Å²) in [6.07, 6.45) is 2.38. The monoisotopic (exact) mass is 344 g/mol. The molecule has 2 aliphatic heterocycles. The molecule has 0 fully saturated rings. The predicted octanol–water partition coefficient (Wildman–Crippen LogP) is 3.15. The largest absolute Gasteiger partial charge is 0.343 e. The molecule has 0 saturated carbocycles. The van der Waals surface area contributed by atoms with E-state index >= 15 is 0 Å². The molecule has 1 N–H and O–H groups in total. The van der Waals surface area contributed by atoms with E-state index in [0.717, 1.165) is 54.5 Å². The highest BCUT2D eigenvalue weighted by atomic mass is 16.1. The molecule has 0 unspecified atom stereocenters. The molecule has 4 heteroatoms. The second-order valence-corrected chi connectivity index (χ2v) is 7.08. The lowest BCUT2D eigenvalue weighted by Gasteiger charge is -2.18. The molecule has 0 bridgehead atoms. The van der Waals surface area contributed by atoms with Gasteiger partial charge in [-0.15, -0.1) is 0 Å². The number of fused-ring (bicyclic) bond motifs is 3. The molecule has 0 saturated heterocycles. The van der Waals surface area contributed by atoms with Gasteiger partial charge < -0.3 is 9.88 Å². The molecule has 0 radical (unpaired) electrons. The number of nitrogens with zero attached hydrogens (tertiary/aromatic N) is 1. The van der Waals surface area contributed by atoms with Gasteiger partial charge in [0, 0.05) is 53.7 Å². The summed E-state index contributed by atoms with van der Waals surface area (Å²) in [5, 5.41) is 4.46. The van der Waals surface area contributed by atoms with E-state index in [1.165, 1.54) is 11.3 Å². The standard InChI is InChI=1S/C22H20N2O2/c25-19-10-13-24-18-9-12-23-11-8-15(18)20-17(7-6-16(19)21(20)24)22(26)14-4-2-1-3-5-14/h1-7,23H,8-13H2. The van der Waals surface area contributed by atoms with Crippen LogP contribution in [0, 0.1) is 0 Å². The fourth-order valence-electron chi connectivity index (χ4n) is 4.47. The van der Waals surface area contributed by atoms with Crippen LogP contribution in [0.4, 0.5) is 0 Å². The summed E-state index contributed by atoms with van der Waals surface area (Å²) in [5.41, 5.74) is 5.72. The summed E-state index contributed by atoms with van der Waals surface area (Å²) >= 11 is 0. The third-order valence-corrected chi connectivity index (χ3v) is 5.66. The van der Waals surface area contributed by atoms with Crippen molar-refractivity contribution in [1.82, 2.24) is 9.88 Å². The Bertz CT molecular complexity index is 1050. The zero-order chi connectivity index (χ0) is 17.7. The SMILES string of the molecule is O=C(c1ccccc1)c1ccc2c3c1c1c(n3CCC2=O)CCNCC1. The summed E-state index contributed by atoms with van der Waals surface area (Å²) in [6, 6.07) is 13.1. The van der Waals surface area contributed by atoms with Gasteiger partial charge in [0.05, 0.1) is 5.52 Å². The second-order valence-electron chi connectivity index (χ2n) is 7.08. The number of carbonyl (C=O) groups is 2. The van der Waals surface area contributed by atoms with Gasteiger partial charge >= 0.3 is 0 Å². The van der Waals surface area contributed by atoms with Crippen molar-refractivity contribution >= 4 is 22.5 Å². The van der Waals surface area contributed by atoms with Crippen LogP contribution in [-0.2, 0) is 19.4 Å². The van der Waals surface area contributed by atoms with Gasteiger partial charge in [-0.1, -0.05) is 30.3 Å². The van der Waals surface area contributed by atoms with Gasteiger partial charge in [0.15, 0.2) is 11.6 Å². The topological polar surface area (TPSA) is 51.1 Å². The van der Waals surface area contributed by atoms with E-state index in [1.807, 2.05) is 42.5 Å². The third-order valence-electron chi connectivity index (χ3n) is 5.66. The fourth-order valence-corrected chi connectivity index (χ4v) is 4.47. The number of aryl methyl sites for hydroxylation is 1. The van der Waals surface area contributed by atoms with Crippen LogP contribution in [0.1, 0.15) is 44.0 Å². The van der Waals surface area contributed by atoms with Gasteiger partial charge in [0.2, 0.25) is 0 Å². The summed E-state index contributed by atoms with van der Waals surface area (Å²) in [6.45, 7) is 2.57. The van der Waals surface area contributed by atoms with E-state index < -0.39 is 0 Å². The van der Waals surface area contributed by atoms with E-state index in [-0.39, 0.29) is 11.6 Å². The van der Waals surface area contributed by atoms with Crippen molar-refractivity contribution < 1.29 is 9.59 Å². The van der Waals surface area contributed by atoms with Crippen molar-refractivity contribution in [1.29, 1.82) is 0 Å². The normalized spacial score (nSPS) is 16.4. The van der Waals surface area contributed by atoms with E-state index in [0.29, 0.717) is 12.0 Å². The van der Waals surface area contributed by atoms with Crippen LogP contribution >= 0.6 is 0 Å². The van der Waals surface area contributed by atoms with Crippen molar-refractivity contribution in [2.24, 2.45) is 0 Å². The number of hydrogen-bond donors (Lipinski definition) is 1. The highest BCUT2D eigenvalue weighted by Crippen LogP contribution is 2.37. The molecule has 0 amide bonds. The first-order chi connectivity index (χ1) is 12.8. The summed E-state index contributed by atoms with van der Waals surface area (Å²) in [4.78, 5) is 25.7. The van der Waals surface area contributed by atoms with Crippen LogP contribution in [0.3, 0.4) is 0 Å². The Hall–Kier alpha value is -2.72. The number of carbonyl (C=O) groups excluding carboxylic acids is 2. The van der Waals surface area contributed by atoms with Gasteiger partial charge in [-0.25, -0.2) is 0 Å². The number of benzene rings is 2. The Morgan fingerprint density at radius 3 is 2.62 bits per heavy atom. The minimum absolute atomic E-state index is 0.0346. The zero-order valence-corrected chi connectivity index (χ0v) is 14.5. The molecule has 3 aromatic rings. The Morgan fingerprint density at radius 1 is 0.962 bits per heavy atom. The molecule has 26 heavy (non-hydrogen) atoms. The van der Waals surface area contributed by atoms with Gasteiger partial charge in [0.25, 0.3) is 0 Å². The minimum Gasteiger partial charge on any atom is -0.343 e. The van der Waals surface area contributed by atoms with Crippen LogP contribution in [0.2, 0.25) is 0 Å². The predicted molar refractivity (Wildman–Crippen MR) is 101 cm³/mol. The van der Waals surface area contributed by atoms with Crippen LogP contribution in [-0.4, -0.2) is 29.2 Å². The lowest BCUT2D eigenvalue weighted by atomic mass is 9.92. The van der Waals surface area contributed by atoms with E-state index in [4.69, 9.17) is 0 Å². The number of aromatic nitrogens is 1. The first-order valence-corrected chi connectivity index (χ1v) is 9.26. The van der Waals surface area contributed by atoms with E-state index in [1.54, 1.807) is 0 Å². The van der Waals surface area contributed by atoms with Crippen LogP contribution in [0.5, 0.6) is 0 Å². The van der Waals surface area contributed by atoms with Gasteiger partial charge in [0.1, 0.15) is 0 Å². The van der Waals surface area contributed by atoms with Crippen LogP contribution < -0.4 is 5.32 Å². The van der Waals surface area contributed by atoms with Gasteiger partial charge in [-0.2, -0.15) is 0 Å². The molecule has 130 valence electrons. The van der Waals surface area contributed by atoms with Crippen molar-refractivity contribution in [2.45, 2.75) is 25.8 Å². The maximum atomic E-state index is 13.2. The highest BCUT2D eigenvalue weighted by molar-refractivity contribution is 6.20. The molecule has 5 rings (SSSR count). The van der Waals surface area contributed by atoms with Crippen molar-refractivity contribution in [3.8, 4) is 0 Å². The summed E-state index contributed by atoms with van der Waals surface area (Å²) in [7, 11) is 0. The second kappa shape index (κ2) is 5.92. The molecule has 1 aromatic heterocycles. The minimum atomic E-state index is 0.0346. The Kier molecular flexibility index (Phi) is 3.54. The van der Waals surface area contributed by atoms with Crippen molar-refractivity contribution in [3.63, 3.8) is 0 Å². The molecular weight excluding hydrogens is 324 g/mol. The molecule has 4 nitrogen and oxygen atoms in total. The number of ketones is 2. The van der Waals surface area contributed by atoms with Crippen LogP contribution in [0.15, 0.2) is 42.5 Å². The van der Waals surface area contributed by atoms with E-state index in [2.05, 4.69) is 9.88 Å². The Morgan fingerprint density at radius 2 is 1.77 bits per heavy atom. The smallest absolute Gasteiger partial charge is 0.193 e. The molecular formula is C22H20N2O2. The van der Waals surface area contributed by atoms with E-state index in [9.17, 15) is 9.59 Å². The molecule has 2 aliphatic rings.